The van der Waals surface area contributed by atoms with Gasteiger partial charge in [0, 0.05) is 11.1 Å². The fourth-order valence-electron chi connectivity index (χ4n) is 3.26. The Morgan fingerprint density at radius 3 is 2.68 bits per heavy atom. The molecule has 1 aliphatic rings. The summed E-state index contributed by atoms with van der Waals surface area (Å²) in [7, 11) is 1.58. The van der Waals surface area contributed by atoms with Gasteiger partial charge in [-0.3, -0.25) is 4.79 Å². The average Bonchev–Trinajstić information content (AvgIpc) is 2.90. The maximum Gasteiger partial charge on any atom is 0.235 e. The van der Waals surface area contributed by atoms with E-state index in [0.717, 1.165) is 11.8 Å². The molecule has 2 heterocycles. The topological polar surface area (TPSA) is 56.1 Å². The maximum absolute atomic E-state index is 14.5. The van der Waals surface area contributed by atoms with Gasteiger partial charge in [0.25, 0.3) is 0 Å². The molecule has 8 heteroatoms. The lowest BCUT2D eigenvalue weighted by atomic mass is 10.0. The Balaban J connectivity index is 1.88. The number of ether oxygens (including phenoxy) is 1. The highest BCUT2D eigenvalue weighted by Gasteiger charge is 2.32. The summed E-state index contributed by atoms with van der Waals surface area (Å²) in [5.74, 6) is -0.762. The summed E-state index contributed by atoms with van der Waals surface area (Å²) in [5.41, 5.74) is 2.21. The van der Waals surface area contributed by atoms with E-state index in [-0.39, 0.29) is 17.2 Å². The molecule has 4 rings (SSSR count). The van der Waals surface area contributed by atoms with E-state index in [0.29, 0.717) is 22.8 Å². The lowest BCUT2D eigenvalue weighted by molar-refractivity contribution is -0.113. The van der Waals surface area contributed by atoms with Crippen molar-refractivity contribution in [3.8, 4) is 11.4 Å². The fraction of sp³-hybridized carbons (Fsp3) is 0.200. The van der Waals surface area contributed by atoms with E-state index in [1.807, 2.05) is 12.1 Å². The van der Waals surface area contributed by atoms with Crippen LogP contribution < -0.4 is 10.1 Å². The number of carbonyl (C=O) groups excluding carboxylic acids is 1. The number of aryl methyl sites for hydroxylation is 1. The zero-order valence-corrected chi connectivity index (χ0v) is 16.0. The first-order valence-electron chi connectivity index (χ1n) is 8.59. The van der Waals surface area contributed by atoms with Crippen molar-refractivity contribution in [2.24, 2.45) is 0 Å². The van der Waals surface area contributed by atoms with Crippen LogP contribution in [0, 0.1) is 18.6 Å². The van der Waals surface area contributed by atoms with Crippen molar-refractivity contribution in [1.82, 2.24) is 9.78 Å². The molecule has 0 spiro atoms. The molecule has 0 unspecified atom stereocenters. The summed E-state index contributed by atoms with van der Waals surface area (Å²) in [6.07, 6.45) is 0. The predicted octanol–water partition coefficient (Wildman–Crippen LogP) is 4.24. The third-order valence-electron chi connectivity index (χ3n) is 4.59. The number of anilines is 1. The second-order valence-corrected chi connectivity index (χ2v) is 7.43. The van der Waals surface area contributed by atoms with Crippen molar-refractivity contribution in [1.29, 1.82) is 0 Å². The van der Waals surface area contributed by atoms with Crippen molar-refractivity contribution in [3.05, 3.63) is 70.9 Å². The minimum Gasteiger partial charge on any atom is -0.497 e. The molecule has 5 nitrogen and oxygen atoms in total. The normalized spacial score (nSPS) is 16.3. The highest BCUT2D eigenvalue weighted by atomic mass is 32.2. The number of aromatic nitrogens is 2. The molecule has 3 aromatic rings. The molecule has 1 aliphatic heterocycles. The highest BCUT2D eigenvalue weighted by molar-refractivity contribution is 8.00. The van der Waals surface area contributed by atoms with Crippen molar-refractivity contribution < 1.29 is 18.3 Å². The molecule has 144 valence electrons. The summed E-state index contributed by atoms with van der Waals surface area (Å²) in [4.78, 5) is 12.3. The number of hydrogen-bond acceptors (Lipinski definition) is 4. The number of nitrogens with zero attached hydrogens (tertiary/aromatic N) is 2. The van der Waals surface area contributed by atoms with Crippen LogP contribution in [-0.2, 0) is 4.79 Å². The van der Waals surface area contributed by atoms with Crippen LogP contribution in [0.2, 0.25) is 0 Å². The number of hydrogen-bond donors (Lipinski definition) is 1. The van der Waals surface area contributed by atoms with E-state index in [4.69, 9.17) is 4.74 Å². The van der Waals surface area contributed by atoms with Crippen LogP contribution in [0.15, 0.2) is 42.5 Å². The summed E-state index contributed by atoms with van der Waals surface area (Å²) in [6.45, 7) is 1.79. The van der Waals surface area contributed by atoms with Gasteiger partial charge in [0.2, 0.25) is 5.91 Å². The van der Waals surface area contributed by atoms with E-state index in [9.17, 15) is 13.6 Å². The van der Waals surface area contributed by atoms with E-state index < -0.39 is 16.9 Å². The van der Waals surface area contributed by atoms with Crippen molar-refractivity contribution in [2.45, 2.75) is 12.2 Å². The fourth-order valence-corrected chi connectivity index (χ4v) is 4.46. The van der Waals surface area contributed by atoms with Crippen LogP contribution in [-0.4, -0.2) is 28.6 Å². The molecule has 1 aromatic heterocycles. The number of thioether (sulfide) groups is 1. The number of halogens is 2. The molecule has 0 radical (unpaired) electrons. The summed E-state index contributed by atoms with van der Waals surface area (Å²) < 4.78 is 35.1. The number of benzene rings is 2. The molecule has 0 saturated carbocycles. The van der Waals surface area contributed by atoms with Crippen LogP contribution in [0.3, 0.4) is 0 Å². The van der Waals surface area contributed by atoms with Crippen molar-refractivity contribution in [2.75, 3.05) is 18.2 Å². The number of amides is 1. The summed E-state index contributed by atoms with van der Waals surface area (Å²) in [5, 5.41) is 6.86. The standard InChI is InChI=1S/C20H17F2N3O2S/c1-11-17-19(14-4-3-5-15(21)18(14)22)28-10-16(26)23-20(17)25(24-11)12-6-8-13(27-2)9-7-12/h3-9,19H,10H2,1-2H3,(H,23,26)/t19-/m1/s1. The van der Waals surface area contributed by atoms with Gasteiger partial charge in [-0.2, -0.15) is 5.10 Å². The van der Waals surface area contributed by atoms with Gasteiger partial charge in [-0.1, -0.05) is 12.1 Å². The molecule has 2 aromatic carbocycles. The summed E-state index contributed by atoms with van der Waals surface area (Å²) in [6, 6.07) is 11.3. The minimum atomic E-state index is -0.914. The molecular formula is C20H17F2N3O2S. The molecule has 28 heavy (non-hydrogen) atoms. The van der Waals surface area contributed by atoms with Gasteiger partial charge in [0.1, 0.15) is 11.6 Å². The maximum atomic E-state index is 14.5. The number of rotatable bonds is 3. The monoisotopic (exact) mass is 401 g/mol. The van der Waals surface area contributed by atoms with E-state index in [1.165, 1.54) is 17.8 Å². The molecule has 0 bridgehead atoms. The third-order valence-corrected chi connectivity index (χ3v) is 5.84. The van der Waals surface area contributed by atoms with E-state index >= 15 is 0 Å². The Kier molecular flexibility index (Phi) is 4.80. The Morgan fingerprint density at radius 1 is 1.21 bits per heavy atom. The van der Waals surface area contributed by atoms with E-state index in [2.05, 4.69) is 10.4 Å². The Morgan fingerprint density at radius 2 is 1.96 bits per heavy atom. The zero-order chi connectivity index (χ0) is 19.8. The quantitative estimate of drug-likeness (QED) is 0.713. The van der Waals surface area contributed by atoms with Gasteiger partial charge in [-0.05, 0) is 37.3 Å². The number of carbonyl (C=O) groups is 1. The number of nitrogens with one attached hydrogen (secondary N) is 1. The van der Waals surface area contributed by atoms with Gasteiger partial charge in [0.05, 0.1) is 29.5 Å². The average molecular weight is 401 g/mol. The summed E-state index contributed by atoms with van der Waals surface area (Å²) >= 11 is 1.25. The third kappa shape index (κ3) is 3.13. The predicted molar refractivity (Wildman–Crippen MR) is 104 cm³/mol. The molecule has 0 aliphatic carbocycles. The lowest BCUT2D eigenvalue weighted by Gasteiger charge is -2.16. The zero-order valence-electron chi connectivity index (χ0n) is 15.2. The van der Waals surface area contributed by atoms with Gasteiger partial charge >= 0.3 is 0 Å². The molecule has 1 atom stereocenters. The Hall–Kier alpha value is -2.87. The Bertz CT molecular complexity index is 1050. The van der Waals surface area contributed by atoms with Crippen molar-refractivity contribution in [3.63, 3.8) is 0 Å². The second-order valence-electron chi connectivity index (χ2n) is 6.34. The van der Waals surface area contributed by atoms with E-state index in [1.54, 1.807) is 36.9 Å². The SMILES string of the molecule is COc1ccc(-n2nc(C)c3c2NC(=O)CS[C@@H]3c2cccc(F)c2F)cc1. The van der Waals surface area contributed by atoms with Gasteiger partial charge in [0.15, 0.2) is 11.6 Å². The van der Waals surface area contributed by atoms with Crippen LogP contribution in [0.1, 0.15) is 22.1 Å². The first kappa shape index (κ1) is 18.5. The van der Waals surface area contributed by atoms with Crippen LogP contribution >= 0.6 is 11.8 Å². The van der Waals surface area contributed by atoms with Crippen molar-refractivity contribution >= 4 is 23.5 Å². The smallest absolute Gasteiger partial charge is 0.235 e. The highest BCUT2D eigenvalue weighted by Crippen LogP contribution is 2.44. The molecule has 1 amide bonds. The van der Waals surface area contributed by atoms with Gasteiger partial charge in [-0.15, -0.1) is 11.8 Å². The molecular weight excluding hydrogens is 384 g/mol. The molecule has 1 N–H and O–H groups in total. The number of fused-ring (bicyclic) bond motifs is 1. The molecule has 0 fully saturated rings. The minimum absolute atomic E-state index is 0.122. The van der Waals surface area contributed by atoms with Gasteiger partial charge < -0.3 is 10.1 Å². The number of methoxy groups -OCH3 is 1. The molecule has 0 saturated heterocycles. The first-order valence-corrected chi connectivity index (χ1v) is 9.63. The lowest BCUT2D eigenvalue weighted by Crippen LogP contribution is -2.15. The second kappa shape index (κ2) is 7.27. The van der Waals surface area contributed by atoms with Crippen LogP contribution in [0.5, 0.6) is 5.75 Å². The van der Waals surface area contributed by atoms with Crippen LogP contribution in [0.25, 0.3) is 5.69 Å². The largest absolute Gasteiger partial charge is 0.497 e. The first-order chi connectivity index (χ1) is 13.5. The Labute approximate surface area is 164 Å². The van der Waals surface area contributed by atoms with Crippen LogP contribution in [0.4, 0.5) is 14.6 Å². The van der Waals surface area contributed by atoms with Gasteiger partial charge in [-0.25, -0.2) is 13.5 Å².